The molecule has 0 spiro atoms. The van der Waals surface area contributed by atoms with Crippen LogP contribution in [-0.4, -0.2) is 35.5 Å². The average molecular weight is 397 g/mol. The van der Waals surface area contributed by atoms with Gasteiger partial charge in [0, 0.05) is 5.56 Å². The normalized spacial score (nSPS) is 12.5. The van der Waals surface area contributed by atoms with Crippen molar-refractivity contribution in [1.29, 1.82) is 0 Å². The van der Waals surface area contributed by atoms with E-state index in [2.05, 4.69) is 15.3 Å². The minimum Gasteiger partial charge on any atom is -0.486 e. The number of ketones is 1. The molecule has 2 aromatic carbocycles. The van der Waals surface area contributed by atoms with Gasteiger partial charge in [0.05, 0.1) is 30.2 Å². The zero-order valence-corrected chi connectivity index (χ0v) is 15.5. The van der Waals surface area contributed by atoms with Crippen LogP contribution in [0.3, 0.4) is 0 Å². The molecule has 8 heteroatoms. The topological polar surface area (TPSA) is 73.3 Å². The highest BCUT2D eigenvalue weighted by atomic mass is 19.1. The number of aromatic nitrogens is 2. The summed E-state index contributed by atoms with van der Waals surface area (Å²) in [6.45, 7) is 2.63. The van der Waals surface area contributed by atoms with Crippen LogP contribution in [0.25, 0.3) is 11.3 Å². The van der Waals surface area contributed by atoms with Crippen LogP contribution in [0.5, 0.6) is 11.5 Å². The number of carbonyl (C=O) groups excluding carboxylic acids is 1. The van der Waals surface area contributed by atoms with Gasteiger partial charge in [-0.25, -0.2) is 13.8 Å². The third-order valence-corrected chi connectivity index (χ3v) is 4.49. The van der Waals surface area contributed by atoms with Crippen molar-refractivity contribution in [2.45, 2.75) is 6.92 Å². The fourth-order valence-corrected chi connectivity index (χ4v) is 3.05. The van der Waals surface area contributed by atoms with Crippen LogP contribution in [-0.2, 0) is 0 Å². The maximum Gasteiger partial charge on any atom is 0.187 e. The van der Waals surface area contributed by atoms with Crippen LogP contribution in [0.4, 0.5) is 14.6 Å². The molecule has 2 heterocycles. The molecule has 0 saturated heterocycles. The zero-order chi connectivity index (χ0) is 20.4. The van der Waals surface area contributed by atoms with E-state index >= 15 is 0 Å². The van der Waals surface area contributed by atoms with Crippen LogP contribution in [0.2, 0.25) is 0 Å². The first-order valence-electron chi connectivity index (χ1n) is 8.96. The van der Waals surface area contributed by atoms with Gasteiger partial charge < -0.3 is 14.8 Å². The quantitative estimate of drug-likeness (QED) is 0.661. The summed E-state index contributed by atoms with van der Waals surface area (Å²) in [5.41, 5.74) is 1.85. The van der Waals surface area contributed by atoms with Gasteiger partial charge in [0.2, 0.25) is 0 Å². The van der Waals surface area contributed by atoms with E-state index in [0.717, 1.165) is 23.3 Å². The summed E-state index contributed by atoms with van der Waals surface area (Å²) < 4.78 is 38.6. The number of ether oxygens (including phenoxy) is 2. The number of aryl methyl sites for hydroxylation is 1. The molecule has 1 N–H and O–H groups in total. The average Bonchev–Trinajstić information content (AvgIpc) is 2.72. The molecule has 1 aliphatic rings. The molecule has 0 amide bonds. The van der Waals surface area contributed by atoms with Crippen molar-refractivity contribution >= 4 is 11.6 Å². The van der Waals surface area contributed by atoms with Crippen molar-refractivity contribution in [2.75, 3.05) is 25.1 Å². The highest BCUT2D eigenvalue weighted by Gasteiger charge is 2.18. The summed E-state index contributed by atoms with van der Waals surface area (Å²) in [6, 6.07) is 7.03. The van der Waals surface area contributed by atoms with E-state index in [0.29, 0.717) is 36.2 Å². The van der Waals surface area contributed by atoms with Crippen LogP contribution < -0.4 is 14.8 Å². The van der Waals surface area contributed by atoms with Crippen molar-refractivity contribution in [3.05, 3.63) is 65.5 Å². The number of hydrogen-bond donors (Lipinski definition) is 1. The molecule has 0 fully saturated rings. The molecule has 4 rings (SSSR count). The molecule has 0 saturated carbocycles. The van der Waals surface area contributed by atoms with E-state index in [1.807, 2.05) is 19.1 Å². The Hall–Kier alpha value is -3.55. The molecule has 1 aliphatic heterocycles. The summed E-state index contributed by atoms with van der Waals surface area (Å²) >= 11 is 0. The van der Waals surface area contributed by atoms with Crippen molar-refractivity contribution in [3.63, 3.8) is 0 Å². The fraction of sp³-hybridized carbons (Fsp3) is 0.190. The lowest BCUT2D eigenvalue weighted by Crippen LogP contribution is -2.17. The van der Waals surface area contributed by atoms with Gasteiger partial charge in [-0.2, -0.15) is 0 Å². The van der Waals surface area contributed by atoms with Gasteiger partial charge in [-0.3, -0.25) is 9.78 Å². The third kappa shape index (κ3) is 3.87. The Bertz CT molecular complexity index is 1050. The molecular weight excluding hydrogens is 380 g/mol. The van der Waals surface area contributed by atoms with Crippen molar-refractivity contribution < 1.29 is 23.0 Å². The zero-order valence-electron chi connectivity index (χ0n) is 15.5. The monoisotopic (exact) mass is 397 g/mol. The van der Waals surface area contributed by atoms with E-state index < -0.39 is 23.0 Å². The highest BCUT2D eigenvalue weighted by Crippen LogP contribution is 2.36. The molecule has 0 aliphatic carbocycles. The lowest BCUT2D eigenvalue weighted by Gasteiger charge is -2.20. The van der Waals surface area contributed by atoms with Gasteiger partial charge in [-0.15, -0.1) is 0 Å². The number of benzene rings is 2. The number of nitrogens with zero attached hydrogens (tertiary/aromatic N) is 2. The molecule has 29 heavy (non-hydrogen) atoms. The van der Waals surface area contributed by atoms with Gasteiger partial charge in [-0.05, 0) is 36.8 Å². The number of hydrogen-bond acceptors (Lipinski definition) is 6. The molecule has 0 radical (unpaired) electrons. The van der Waals surface area contributed by atoms with Crippen LogP contribution in [0.1, 0.15) is 15.9 Å². The summed E-state index contributed by atoms with van der Waals surface area (Å²) in [5.74, 6) is -0.844. The smallest absolute Gasteiger partial charge is 0.187 e. The van der Waals surface area contributed by atoms with E-state index in [1.165, 1.54) is 12.3 Å². The second-order valence-corrected chi connectivity index (χ2v) is 6.47. The Kier molecular flexibility index (Phi) is 5.07. The number of halogens is 2. The van der Waals surface area contributed by atoms with Gasteiger partial charge in [0.15, 0.2) is 17.3 Å². The van der Waals surface area contributed by atoms with Gasteiger partial charge >= 0.3 is 0 Å². The number of fused-ring (bicyclic) bond motifs is 1. The number of anilines is 1. The van der Waals surface area contributed by atoms with Crippen molar-refractivity contribution in [3.8, 4) is 22.8 Å². The lowest BCUT2D eigenvalue weighted by atomic mass is 10.0. The first-order valence-corrected chi connectivity index (χ1v) is 8.96. The molecule has 0 bridgehead atoms. The van der Waals surface area contributed by atoms with Gasteiger partial charge in [0.25, 0.3) is 0 Å². The number of Topliss-reactive ketones (excluding diaryl/α,β-unsaturated/α-hetero) is 1. The molecule has 6 nitrogen and oxygen atoms in total. The van der Waals surface area contributed by atoms with Gasteiger partial charge in [-0.1, -0.05) is 6.07 Å². The number of nitrogens with one attached hydrogen (secondary N) is 1. The number of carbonyl (C=O) groups is 1. The molecule has 1 aromatic heterocycles. The van der Waals surface area contributed by atoms with E-state index in [-0.39, 0.29) is 6.54 Å². The van der Waals surface area contributed by atoms with E-state index in [9.17, 15) is 13.6 Å². The largest absolute Gasteiger partial charge is 0.486 e. The summed E-state index contributed by atoms with van der Waals surface area (Å²) in [5, 5.41) is 2.74. The maximum absolute atomic E-state index is 13.7. The van der Waals surface area contributed by atoms with E-state index in [4.69, 9.17) is 9.47 Å². The third-order valence-electron chi connectivity index (χ3n) is 4.49. The maximum atomic E-state index is 13.7. The first-order chi connectivity index (χ1) is 14.0. The summed E-state index contributed by atoms with van der Waals surface area (Å²) in [6.07, 6.45) is 3.01. The SMILES string of the molecule is Cc1cc2c(cc1-c1cnc(NCC(=O)c3c(F)cccc3F)cn1)OCCO2. The lowest BCUT2D eigenvalue weighted by molar-refractivity contribution is 0.0998. The second kappa shape index (κ2) is 7.83. The fourth-order valence-electron chi connectivity index (χ4n) is 3.05. The standard InChI is InChI=1S/C21H17F2N3O3/c1-12-7-18-19(29-6-5-28-18)8-13(12)16-9-25-20(11-24-16)26-10-17(27)21-14(22)3-2-4-15(21)23/h2-4,7-9,11H,5-6,10H2,1H3,(H,25,26). The second-order valence-electron chi connectivity index (χ2n) is 6.47. The predicted octanol–water partition coefficient (Wildman–Crippen LogP) is 3.80. The van der Waals surface area contributed by atoms with Crippen LogP contribution in [0.15, 0.2) is 42.7 Å². The summed E-state index contributed by atoms with van der Waals surface area (Å²) in [4.78, 5) is 20.7. The van der Waals surface area contributed by atoms with Crippen molar-refractivity contribution in [2.24, 2.45) is 0 Å². The highest BCUT2D eigenvalue weighted by molar-refractivity contribution is 5.99. The Morgan fingerprint density at radius 3 is 2.41 bits per heavy atom. The van der Waals surface area contributed by atoms with Gasteiger partial charge in [0.1, 0.15) is 30.7 Å². The Morgan fingerprint density at radius 1 is 1.07 bits per heavy atom. The summed E-state index contributed by atoms with van der Waals surface area (Å²) in [7, 11) is 0. The van der Waals surface area contributed by atoms with Crippen LogP contribution in [0, 0.1) is 18.6 Å². The molecular formula is C21H17F2N3O3. The number of rotatable bonds is 5. The Labute approximate surface area is 165 Å². The molecule has 148 valence electrons. The molecule has 0 unspecified atom stereocenters. The first kappa shape index (κ1) is 18.8. The van der Waals surface area contributed by atoms with E-state index in [1.54, 1.807) is 6.20 Å². The predicted molar refractivity (Wildman–Crippen MR) is 102 cm³/mol. The molecule has 3 aromatic rings. The Morgan fingerprint density at radius 2 is 1.76 bits per heavy atom. The minimum atomic E-state index is -0.896. The molecule has 0 atom stereocenters. The Balaban J connectivity index is 1.48. The van der Waals surface area contributed by atoms with Crippen LogP contribution >= 0.6 is 0 Å². The minimum absolute atomic E-state index is 0.311. The van der Waals surface area contributed by atoms with Crippen molar-refractivity contribution in [1.82, 2.24) is 9.97 Å².